The van der Waals surface area contributed by atoms with Crippen molar-refractivity contribution in [3.63, 3.8) is 0 Å². The minimum absolute atomic E-state index is 0.0140. The second-order valence-corrected chi connectivity index (χ2v) is 10.4. The van der Waals surface area contributed by atoms with Crippen molar-refractivity contribution in [2.45, 2.75) is 99.1 Å². The number of aliphatic hydroxyl groups is 3. The molecule has 3 rings (SSSR count). The maximum absolute atomic E-state index is 11.3. The van der Waals surface area contributed by atoms with Crippen LogP contribution in [0.25, 0.3) is 0 Å². The van der Waals surface area contributed by atoms with E-state index in [1.807, 2.05) is 14.1 Å². The maximum atomic E-state index is 11.3. The Morgan fingerprint density at radius 1 is 1.00 bits per heavy atom. The number of rotatable bonds is 8. The van der Waals surface area contributed by atoms with E-state index in [2.05, 4.69) is 15.5 Å². The highest BCUT2D eigenvalue weighted by atomic mass is 16.7. The Labute approximate surface area is 202 Å². The summed E-state index contributed by atoms with van der Waals surface area (Å²) in [7, 11) is 7.40. The van der Waals surface area contributed by atoms with Crippen LogP contribution in [0.2, 0.25) is 0 Å². The molecular weight excluding hydrogens is 446 g/mol. The van der Waals surface area contributed by atoms with E-state index in [9.17, 15) is 15.3 Å². The van der Waals surface area contributed by atoms with Crippen LogP contribution in [0.15, 0.2) is 0 Å². The van der Waals surface area contributed by atoms with Crippen molar-refractivity contribution >= 4 is 0 Å². The molecule has 1 saturated carbocycles. The van der Waals surface area contributed by atoms with Gasteiger partial charge in [0.25, 0.3) is 0 Å². The first-order valence-electron chi connectivity index (χ1n) is 12.2. The highest BCUT2D eigenvalue weighted by Crippen LogP contribution is 2.32. The Kier molecular flexibility index (Phi) is 9.68. The number of likely N-dealkylation sites (N-methyl/N-ethyl adjacent to an activating group) is 3. The molecule has 0 aromatic rings. The number of nitrogens with zero attached hydrogens (tertiary/aromatic N) is 1. The predicted octanol–water partition coefficient (Wildman–Crippen LogP) is -3.11. The van der Waals surface area contributed by atoms with Gasteiger partial charge in [0.1, 0.15) is 30.0 Å². The SMILES string of the molecule is CNC1CC(N)C(OC2OCC(C)(O)C(NC)C2O)C(O)C1OC1OC(CN(C)C)CCC1N. The van der Waals surface area contributed by atoms with Crippen LogP contribution in [-0.4, -0.2) is 134 Å². The average molecular weight is 492 g/mol. The first kappa shape index (κ1) is 28.1. The molecule has 0 aromatic carbocycles. The van der Waals surface area contributed by atoms with Gasteiger partial charge in [-0.25, -0.2) is 0 Å². The second-order valence-electron chi connectivity index (χ2n) is 10.4. The summed E-state index contributed by atoms with van der Waals surface area (Å²) in [5.41, 5.74) is 11.4. The summed E-state index contributed by atoms with van der Waals surface area (Å²) in [5, 5.41) is 38.6. The minimum atomic E-state index is -1.28. The minimum Gasteiger partial charge on any atom is -0.388 e. The van der Waals surface area contributed by atoms with Crippen molar-refractivity contribution < 1.29 is 34.3 Å². The van der Waals surface area contributed by atoms with Gasteiger partial charge >= 0.3 is 0 Å². The Hall–Kier alpha value is -0.480. The molecule has 2 aliphatic heterocycles. The van der Waals surface area contributed by atoms with Crippen LogP contribution < -0.4 is 22.1 Å². The van der Waals surface area contributed by atoms with Gasteiger partial charge in [0.2, 0.25) is 0 Å². The average Bonchev–Trinajstić information content (AvgIpc) is 2.76. The largest absolute Gasteiger partial charge is 0.388 e. The lowest BCUT2D eigenvalue weighted by atomic mass is 9.83. The van der Waals surface area contributed by atoms with Gasteiger partial charge in [-0.2, -0.15) is 0 Å². The third-order valence-corrected chi connectivity index (χ3v) is 7.18. The van der Waals surface area contributed by atoms with Gasteiger partial charge in [0, 0.05) is 18.6 Å². The number of nitrogens with one attached hydrogen (secondary N) is 2. The summed E-state index contributed by atoms with van der Waals surface area (Å²) in [6.45, 7) is 2.28. The fraction of sp³-hybridized carbons (Fsp3) is 1.00. The van der Waals surface area contributed by atoms with Crippen LogP contribution in [0, 0.1) is 0 Å². The quantitative estimate of drug-likeness (QED) is 0.182. The molecule has 1 aliphatic carbocycles. The topological polar surface area (TPSA) is 177 Å². The number of nitrogens with two attached hydrogens (primary N) is 2. The lowest BCUT2D eigenvalue weighted by molar-refractivity contribution is -0.307. The highest BCUT2D eigenvalue weighted by Gasteiger charge is 2.51. The van der Waals surface area contributed by atoms with Crippen LogP contribution in [0.3, 0.4) is 0 Å². The predicted molar refractivity (Wildman–Crippen MR) is 125 cm³/mol. The molecule has 9 N–H and O–H groups in total. The fourth-order valence-electron chi connectivity index (χ4n) is 5.30. The molecule has 12 heteroatoms. The van der Waals surface area contributed by atoms with Crippen LogP contribution in [0.5, 0.6) is 0 Å². The molecule has 3 aliphatic rings. The normalized spacial score (nSPS) is 48.3. The van der Waals surface area contributed by atoms with Crippen molar-refractivity contribution in [2.75, 3.05) is 41.3 Å². The summed E-state index contributed by atoms with van der Waals surface area (Å²) in [6.07, 6.45) is -3.58. The van der Waals surface area contributed by atoms with E-state index in [4.69, 9.17) is 30.4 Å². The summed E-state index contributed by atoms with van der Waals surface area (Å²) in [5.74, 6) is 0. The molecule has 2 saturated heterocycles. The Bertz CT molecular complexity index is 645. The summed E-state index contributed by atoms with van der Waals surface area (Å²) in [4.78, 5) is 2.05. The first-order valence-corrected chi connectivity index (χ1v) is 12.2. The van der Waals surface area contributed by atoms with E-state index in [-0.39, 0.29) is 24.8 Å². The number of ether oxygens (including phenoxy) is 4. The summed E-state index contributed by atoms with van der Waals surface area (Å²) >= 11 is 0. The smallest absolute Gasteiger partial charge is 0.185 e. The van der Waals surface area contributed by atoms with E-state index < -0.39 is 54.7 Å². The number of hydrogen-bond acceptors (Lipinski definition) is 12. The standard InChI is InChI=1S/C22H45N5O7/c1-22(30)10-31-21(16(29)19(22)26-3)33-17-13(24)8-14(25-2)18(15(17)28)34-20-12(23)7-6-11(32-20)9-27(4)5/h11-21,25-26,28-30H,6-10,23-24H2,1-5H3. The van der Waals surface area contributed by atoms with Crippen molar-refractivity contribution in [1.29, 1.82) is 0 Å². The molecule has 12 unspecified atom stereocenters. The Morgan fingerprint density at radius 3 is 2.29 bits per heavy atom. The number of hydrogen-bond donors (Lipinski definition) is 7. The molecular formula is C22H45N5O7. The molecule has 3 fully saturated rings. The molecule has 12 nitrogen and oxygen atoms in total. The molecule has 0 amide bonds. The van der Waals surface area contributed by atoms with E-state index in [0.717, 1.165) is 19.4 Å². The molecule has 200 valence electrons. The Balaban J connectivity index is 1.71. The van der Waals surface area contributed by atoms with Crippen LogP contribution in [0.1, 0.15) is 26.2 Å². The van der Waals surface area contributed by atoms with Crippen LogP contribution in [0.4, 0.5) is 0 Å². The van der Waals surface area contributed by atoms with Crippen molar-refractivity contribution in [2.24, 2.45) is 11.5 Å². The molecule has 0 aromatic heterocycles. The van der Waals surface area contributed by atoms with E-state index in [0.29, 0.717) is 6.42 Å². The van der Waals surface area contributed by atoms with E-state index in [1.165, 1.54) is 0 Å². The van der Waals surface area contributed by atoms with Gasteiger partial charge in [-0.3, -0.25) is 0 Å². The second kappa shape index (κ2) is 11.7. The van der Waals surface area contributed by atoms with Gasteiger partial charge < -0.3 is 61.3 Å². The van der Waals surface area contributed by atoms with Crippen LogP contribution >= 0.6 is 0 Å². The molecule has 2 heterocycles. The van der Waals surface area contributed by atoms with Gasteiger partial charge in [0.15, 0.2) is 12.6 Å². The van der Waals surface area contributed by atoms with E-state index in [1.54, 1.807) is 21.0 Å². The van der Waals surface area contributed by atoms with Crippen LogP contribution in [-0.2, 0) is 18.9 Å². The molecule has 12 atom stereocenters. The lowest BCUT2D eigenvalue weighted by Gasteiger charge is -2.49. The van der Waals surface area contributed by atoms with Gasteiger partial charge in [-0.1, -0.05) is 0 Å². The zero-order valence-electron chi connectivity index (χ0n) is 21.0. The van der Waals surface area contributed by atoms with Gasteiger partial charge in [-0.15, -0.1) is 0 Å². The molecule has 0 radical (unpaired) electrons. The summed E-state index contributed by atoms with van der Waals surface area (Å²) in [6, 6.07) is -1.79. The zero-order valence-corrected chi connectivity index (χ0v) is 21.0. The lowest BCUT2D eigenvalue weighted by Crippen LogP contribution is -2.69. The van der Waals surface area contributed by atoms with Gasteiger partial charge in [-0.05, 0) is 54.4 Å². The third-order valence-electron chi connectivity index (χ3n) is 7.18. The van der Waals surface area contributed by atoms with Gasteiger partial charge in [0.05, 0.1) is 24.8 Å². The first-order chi connectivity index (χ1) is 16.0. The Morgan fingerprint density at radius 2 is 1.68 bits per heavy atom. The van der Waals surface area contributed by atoms with Crippen molar-refractivity contribution in [3.8, 4) is 0 Å². The zero-order chi connectivity index (χ0) is 25.2. The molecule has 0 bridgehead atoms. The maximum Gasteiger partial charge on any atom is 0.185 e. The van der Waals surface area contributed by atoms with Crippen molar-refractivity contribution in [1.82, 2.24) is 15.5 Å². The highest BCUT2D eigenvalue weighted by molar-refractivity contribution is 5.02. The van der Waals surface area contributed by atoms with Crippen molar-refractivity contribution in [3.05, 3.63) is 0 Å². The van der Waals surface area contributed by atoms with E-state index >= 15 is 0 Å². The monoisotopic (exact) mass is 491 g/mol. The summed E-state index contributed by atoms with van der Waals surface area (Å²) < 4.78 is 24.0. The molecule has 0 spiro atoms. The third kappa shape index (κ3) is 6.25. The fourth-order valence-corrected chi connectivity index (χ4v) is 5.30. The number of aliphatic hydroxyl groups excluding tert-OH is 2. The molecule has 34 heavy (non-hydrogen) atoms.